The predicted molar refractivity (Wildman–Crippen MR) is 64.5 cm³/mol. The Bertz CT molecular complexity index is 684. The quantitative estimate of drug-likeness (QED) is 0.645. The normalized spacial score (nSPS) is 11.8. The van der Waals surface area contributed by atoms with Gasteiger partial charge in [-0.25, -0.2) is 8.78 Å². The summed E-state index contributed by atoms with van der Waals surface area (Å²) in [4.78, 5) is 2.46. The minimum absolute atomic E-state index is 0.168. The molecule has 1 unspecified atom stereocenters. The van der Waals surface area contributed by atoms with E-state index < -0.39 is 35.0 Å². The van der Waals surface area contributed by atoms with Gasteiger partial charge in [-0.15, -0.1) is 0 Å². The third kappa shape index (κ3) is 2.65. The van der Waals surface area contributed by atoms with Crippen molar-refractivity contribution in [2.24, 2.45) is 0 Å². The van der Waals surface area contributed by atoms with Crippen LogP contribution in [0.2, 0.25) is 0 Å². The summed E-state index contributed by atoms with van der Waals surface area (Å²) >= 11 is 0. The van der Waals surface area contributed by atoms with E-state index in [0.717, 1.165) is 0 Å². The average Bonchev–Trinajstić information content (AvgIpc) is 2.50. The van der Waals surface area contributed by atoms with E-state index in [2.05, 4.69) is 4.98 Å². The third-order valence-corrected chi connectivity index (χ3v) is 2.90. The number of nitriles is 1. The van der Waals surface area contributed by atoms with Gasteiger partial charge >= 0.3 is 0 Å². The Labute approximate surface area is 117 Å². The number of methoxy groups -OCH3 is 1. The molecule has 2 rings (SSSR count). The van der Waals surface area contributed by atoms with Crippen LogP contribution < -0.4 is 4.74 Å². The summed E-state index contributed by atoms with van der Waals surface area (Å²) in [7, 11) is 1.42. The van der Waals surface area contributed by atoms with Crippen LogP contribution in [0.5, 0.6) is 5.75 Å². The molecule has 0 saturated heterocycles. The smallest absolute Gasteiger partial charge is 0.252 e. The molecule has 0 saturated carbocycles. The summed E-state index contributed by atoms with van der Waals surface area (Å²) in [6.07, 6.45) is 0. The Morgan fingerprint density at radius 1 is 1.05 bits per heavy atom. The highest BCUT2D eigenvalue weighted by molar-refractivity contribution is 5.41. The van der Waals surface area contributed by atoms with Crippen LogP contribution in [0.1, 0.15) is 17.0 Å². The zero-order valence-electron chi connectivity index (χ0n) is 10.7. The Hall–Kier alpha value is -2.62. The van der Waals surface area contributed by atoms with Crippen LogP contribution in [0.4, 0.5) is 17.6 Å². The highest BCUT2D eigenvalue weighted by atomic mass is 19.2. The second kappa shape index (κ2) is 5.79. The predicted octanol–water partition coefficient (Wildman–Crippen LogP) is 3.30. The number of ether oxygens (including phenoxy) is 1. The van der Waals surface area contributed by atoms with Crippen LogP contribution in [0.3, 0.4) is 0 Å². The molecule has 2 aromatic rings. The number of nitrogens with zero attached hydrogens (tertiary/aromatic N) is 2. The second-order valence-electron chi connectivity index (χ2n) is 4.07. The molecule has 1 atom stereocenters. The lowest BCUT2D eigenvalue weighted by Crippen LogP contribution is -2.11. The summed E-state index contributed by atoms with van der Waals surface area (Å²) in [5.74, 6) is -8.01. The van der Waals surface area contributed by atoms with Crippen molar-refractivity contribution in [3.63, 3.8) is 0 Å². The van der Waals surface area contributed by atoms with Crippen LogP contribution >= 0.6 is 0 Å². The molecule has 0 spiro atoms. The van der Waals surface area contributed by atoms with Gasteiger partial charge in [0.05, 0.1) is 18.7 Å². The van der Waals surface area contributed by atoms with E-state index in [1.165, 1.54) is 31.4 Å². The molecule has 7 heteroatoms. The van der Waals surface area contributed by atoms with E-state index in [1.54, 1.807) is 6.07 Å². The number of pyridine rings is 1. The monoisotopic (exact) mass is 296 g/mol. The molecule has 0 fully saturated rings. The Kier molecular flexibility index (Phi) is 4.08. The number of benzene rings is 1. The fourth-order valence-electron chi connectivity index (χ4n) is 1.86. The first-order valence-corrected chi connectivity index (χ1v) is 5.73. The third-order valence-electron chi connectivity index (χ3n) is 2.90. The maximum Gasteiger partial charge on any atom is 0.252 e. The molecule has 21 heavy (non-hydrogen) atoms. The molecule has 0 aliphatic rings. The van der Waals surface area contributed by atoms with Gasteiger partial charge in [0.1, 0.15) is 11.7 Å². The molecule has 0 N–H and O–H groups in total. The van der Waals surface area contributed by atoms with Crippen LogP contribution in [0.15, 0.2) is 24.3 Å². The van der Waals surface area contributed by atoms with Crippen molar-refractivity contribution >= 4 is 0 Å². The molecular formula is C14H8F4N2O. The minimum Gasteiger partial charge on any atom is -0.497 e. The van der Waals surface area contributed by atoms with Gasteiger partial charge in [-0.2, -0.15) is 19.0 Å². The van der Waals surface area contributed by atoms with E-state index in [-0.39, 0.29) is 5.56 Å². The first-order valence-electron chi connectivity index (χ1n) is 5.73. The van der Waals surface area contributed by atoms with Gasteiger partial charge in [0, 0.05) is 0 Å². The van der Waals surface area contributed by atoms with E-state index in [4.69, 9.17) is 10.00 Å². The standard InChI is InChI=1S/C14H8F4N2O/c1-21-8-4-2-7(3-5-8)9(6-19)10-11(15)13(17)20-14(18)12(10)16/h2-5,9H,1H3. The molecule has 0 aliphatic carbocycles. The van der Waals surface area contributed by atoms with Crippen molar-refractivity contribution in [3.05, 3.63) is 58.9 Å². The number of aromatic nitrogens is 1. The largest absolute Gasteiger partial charge is 0.497 e. The molecule has 1 heterocycles. The van der Waals surface area contributed by atoms with E-state index in [9.17, 15) is 17.6 Å². The van der Waals surface area contributed by atoms with Crippen molar-refractivity contribution in [1.29, 1.82) is 5.26 Å². The summed E-state index contributed by atoms with van der Waals surface area (Å²) in [5, 5.41) is 9.11. The zero-order valence-corrected chi connectivity index (χ0v) is 10.7. The van der Waals surface area contributed by atoms with Gasteiger partial charge in [0.15, 0.2) is 11.6 Å². The first kappa shape index (κ1) is 14.8. The number of hydrogen-bond donors (Lipinski definition) is 0. The van der Waals surface area contributed by atoms with E-state index >= 15 is 0 Å². The molecular weight excluding hydrogens is 288 g/mol. The van der Waals surface area contributed by atoms with Crippen LogP contribution in [-0.2, 0) is 0 Å². The number of hydrogen-bond acceptors (Lipinski definition) is 3. The highest BCUT2D eigenvalue weighted by Gasteiger charge is 2.28. The summed E-state index contributed by atoms with van der Waals surface area (Å²) in [6, 6.07) is 7.30. The van der Waals surface area contributed by atoms with Crippen molar-refractivity contribution in [1.82, 2.24) is 4.98 Å². The maximum atomic E-state index is 13.7. The Morgan fingerprint density at radius 3 is 2.00 bits per heavy atom. The number of halogens is 4. The lowest BCUT2D eigenvalue weighted by atomic mass is 9.92. The topological polar surface area (TPSA) is 45.9 Å². The van der Waals surface area contributed by atoms with Crippen molar-refractivity contribution in [2.45, 2.75) is 5.92 Å². The molecule has 1 aromatic carbocycles. The van der Waals surface area contributed by atoms with Gasteiger partial charge in [-0.3, -0.25) is 0 Å². The Balaban J connectivity index is 2.59. The van der Waals surface area contributed by atoms with Crippen molar-refractivity contribution < 1.29 is 22.3 Å². The fourth-order valence-corrected chi connectivity index (χ4v) is 1.86. The van der Waals surface area contributed by atoms with Gasteiger partial charge in [-0.05, 0) is 17.7 Å². The molecule has 0 bridgehead atoms. The molecule has 108 valence electrons. The highest BCUT2D eigenvalue weighted by Crippen LogP contribution is 2.31. The van der Waals surface area contributed by atoms with Gasteiger partial charge < -0.3 is 4.74 Å². The first-order chi connectivity index (χ1) is 9.99. The number of rotatable bonds is 3. The lowest BCUT2D eigenvalue weighted by Gasteiger charge is -2.13. The van der Waals surface area contributed by atoms with Crippen LogP contribution in [-0.4, -0.2) is 12.1 Å². The molecule has 3 nitrogen and oxygen atoms in total. The van der Waals surface area contributed by atoms with Gasteiger partial charge in [0.2, 0.25) is 0 Å². The van der Waals surface area contributed by atoms with E-state index in [1.807, 2.05) is 0 Å². The average molecular weight is 296 g/mol. The van der Waals surface area contributed by atoms with Gasteiger partial charge in [-0.1, -0.05) is 12.1 Å². The summed E-state index contributed by atoms with van der Waals surface area (Å²) < 4.78 is 58.6. The van der Waals surface area contributed by atoms with Crippen molar-refractivity contribution in [3.8, 4) is 11.8 Å². The lowest BCUT2D eigenvalue weighted by molar-refractivity contribution is 0.394. The second-order valence-corrected chi connectivity index (χ2v) is 4.07. The summed E-state index contributed by atoms with van der Waals surface area (Å²) in [5.41, 5.74) is -0.839. The fraction of sp³-hybridized carbons (Fsp3) is 0.143. The molecule has 1 aromatic heterocycles. The minimum atomic E-state index is -1.79. The Morgan fingerprint density at radius 2 is 1.57 bits per heavy atom. The van der Waals surface area contributed by atoms with Crippen LogP contribution in [0, 0.1) is 34.9 Å². The van der Waals surface area contributed by atoms with Crippen molar-refractivity contribution in [2.75, 3.05) is 7.11 Å². The molecule has 0 aliphatic heterocycles. The molecule has 0 amide bonds. The molecule has 0 radical (unpaired) electrons. The zero-order chi connectivity index (χ0) is 15.6. The maximum absolute atomic E-state index is 13.7. The van der Waals surface area contributed by atoms with Crippen LogP contribution in [0.25, 0.3) is 0 Å². The SMILES string of the molecule is COc1ccc(C(C#N)c2c(F)c(F)nc(F)c2F)cc1. The van der Waals surface area contributed by atoms with E-state index in [0.29, 0.717) is 5.75 Å². The van der Waals surface area contributed by atoms with Gasteiger partial charge in [0.25, 0.3) is 11.9 Å². The summed E-state index contributed by atoms with van der Waals surface area (Å²) in [6.45, 7) is 0.